The van der Waals surface area contributed by atoms with Crippen molar-refractivity contribution in [3.63, 3.8) is 0 Å². The van der Waals surface area contributed by atoms with Crippen molar-refractivity contribution in [2.24, 2.45) is 11.8 Å². The second-order valence-corrected chi connectivity index (χ2v) is 8.06. The van der Waals surface area contributed by atoms with Gasteiger partial charge in [-0.1, -0.05) is 0 Å². The largest absolute Gasteiger partial charge is 0.471 e. The Balaban J connectivity index is 1.54. The SMILES string of the molecule is CSC(=O)OCC1=C[C@@H]2OC(=O)C3=CO[C@H](O[C@H]4O[C@@H](CO)[C@H](O)[C@@H](O)[C@@H]4O)[C@@H]1[C@@H]32. The van der Waals surface area contributed by atoms with E-state index in [1.54, 1.807) is 12.3 Å². The van der Waals surface area contributed by atoms with Crippen LogP contribution in [0.15, 0.2) is 23.5 Å². The van der Waals surface area contributed by atoms with Crippen LogP contribution in [-0.4, -0.2) is 94.3 Å². The van der Waals surface area contributed by atoms with Gasteiger partial charge in [-0.25, -0.2) is 9.59 Å². The van der Waals surface area contributed by atoms with Crippen LogP contribution >= 0.6 is 11.8 Å². The van der Waals surface area contributed by atoms with Gasteiger partial charge >= 0.3 is 11.3 Å². The quantitative estimate of drug-likeness (QED) is 0.290. The van der Waals surface area contributed by atoms with E-state index in [9.17, 15) is 30.0 Å². The fourth-order valence-corrected chi connectivity index (χ4v) is 4.31. The molecule has 0 aromatic carbocycles. The van der Waals surface area contributed by atoms with E-state index in [1.165, 1.54) is 6.26 Å². The third kappa shape index (κ3) is 3.62. The van der Waals surface area contributed by atoms with Crippen molar-refractivity contribution < 1.29 is 53.7 Å². The first-order valence-corrected chi connectivity index (χ1v) is 10.5. The lowest BCUT2D eigenvalue weighted by atomic mass is 9.84. The summed E-state index contributed by atoms with van der Waals surface area (Å²) in [6, 6.07) is 0. The first-order chi connectivity index (χ1) is 14.3. The molecule has 11 nitrogen and oxygen atoms in total. The van der Waals surface area contributed by atoms with E-state index in [2.05, 4.69) is 0 Å². The molecule has 0 amide bonds. The summed E-state index contributed by atoms with van der Waals surface area (Å²) >= 11 is 0.910. The number of hydrogen-bond donors (Lipinski definition) is 4. The molecule has 1 aliphatic carbocycles. The van der Waals surface area contributed by atoms with Crippen molar-refractivity contribution in [2.75, 3.05) is 19.5 Å². The summed E-state index contributed by atoms with van der Waals surface area (Å²) in [6.07, 6.45) is -4.47. The number of carbonyl (C=O) groups is 2. The fraction of sp³-hybridized carbons (Fsp3) is 0.667. The summed E-state index contributed by atoms with van der Waals surface area (Å²) in [5, 5.41) is 39.0. The van der Waals surface area contributed by atoms with Crippen LogP contribution in [0.2, 0.25) is 0 Å². The molecule has 166 valence electrons. The fourth-order valence-electron chi connectivity index (χ4n) is 4.14. The van der Waals surface area contributed by atoms with Crippen LogP contribution in [0, 0.1) is 11.8 Å². The summed E-state index contributed by atoms with van der Waals surface area (Å²) in [5.74, 6) is -1.52. The third-order valence-electron chi connectivity index (χ3n) is 5.65. The molecule has 2 saturated heterocycles. The third-order valence-corrected chi connectivity index (χ3v) is 6.10. The maximum Gasteiger partial charge on any atom is 0.367 e. The molecule has 0 spiro atoms. The second kappa shape index (κ2) is 8.46. The Morgan fingerprint density at radius 3 is 2.63 bits per heavy atom. The minimum absolute atomic E-state index is 0.0694. The zero-order valence-electron chi connectivity index (χ0n) is 15.8. The molecule has 0 aromatic heterocycles. The van der Waals surface area contributed by atoms with Gasteiger partial charge in [-0.05, 0) is 29.7 Å². The van der Waals surface area contributed by atoms with Crippen LogP contribution in [-0.2, 0) is 28.5 Å². The minimum atomic E-state index is -1.61. The van der Waals surface area contributed by atoms with Gasteiger partial charge in [-0.15, -0.1) is 0 Å². The lowest BCUT2D eigenvalue weighted by Gasteiger charge is -2.42. The molecule has 0 unspecified atom stereocenters. The van der Waals surface area contributed by atoms with Crippen LogP contribution < -0.4 is 0 Å². The average Bonchev–Trinajstić information content (AvgIpc) is 3.26. The van der Waals surface area contributed by atoms with E-state index >= 15 is 0 Å². The molecule has 9 atom stereocenters. The maximum absolute atomic E-state index is 12.0. The minimum Gasteiger partial charge on any atom is -0.471 e. The smallest absolute Gasteiger partial charge is 0.367 e. The zero-order valence-corrected chi connectivity index (χ0v) is 16.6. The number of rotatable bonds is 5. The number of hydrogen-bond acceptors (Lipinski definition) is 12. The van der Waals surface area contributed by atoms with Crippen molar-refractivity contribution in [3.8, 4) is 0 Å². The summed E-state index contributed by atoms with van der Waals surface area (Å²) in [5.41, 5.74) is 0.932. The number of ether oxygens (including phenoxy) is 5. The molecule has 4 rings (SSSR count). The lowest BCUT2D eigenvalue weighted by molar-refractivity contribution is -0.339. The van der Waals surface area contributed by atoms with Gasteiger partial charge in [0.1, 0.15) is 37.1 Å². The van der Waals surface area contributed by atoms with Gasteiger partial charge in [0.2, 0.25) is 6.29 Å². The van der Waals surface area contributed by atoms with Gasteiger partial charge in [0.15, 0.2) is 6.29 Å². The van der Waals surface area contributed by atoms with Crippen molar-refractivity contribution >= 4 is 23.0 Å². The predicted molar refractivity (Wildman–Crippen MR) is 97.6 cm³/mol. The molecule has 12 heteroatoms. The van der Waals surface area contributed by atoms with Crippen molar-refractivity contribution in [3.05, 3.63) is 23.5 Å². The first-order valence-electron chi connectivity index (χ1n) is 9.29. The Labute approximate surface area is 175 Å². The maximum atomic E-state index is 12.0. The highest BCUT2D eigenvalue weighted by Gasteiger charge is 2.56. The molecular weight excluding hydrogens is 424 g/mol. The molecule has 3 aliphatic heterocycles. The van der Waals surface area contributed by atoms with Gasteiger partial charge in [-0.3, -0.25) is 0 Å². The van der Waals surface area contributed by atoms with E-state index in [0.717, 1.165) is 11.8 Å². The molecular formula is C18H22O11S. The van der Waals surface area contributed by atoms with Crippen LogP contribution in [0.3, 0.4) is 0 Å². The number of aliphatic hydroxyl groups excluding tert-OH is 4. The van der Waals surface area contributed by atoms with E-state index in [0.29, 0.717) is 11.1 Å². The molecule has 0 radical (unpaired) electrons. The summed E-state index contributed by atoms with van der Waals surface area (Å²) < 4.78 is 27.2. The molecule has 3 heterocycles. The number of esters is 1. The highest BCUT2D eigenvalue weighted by Crippen LogP contribution is 2.49. The molecule has 4 aliphatic rings. The summed E-state index contributed by atoms with van der Waals surface area (Å²) in [4.78, 5) is 23.6. The lowest BCUT2D eigenvalue weighted by Crippen LogP contribution is -2.60. The predicted octanol–water partition coefficient (Wildman–Crippen LogP) is -1.36. The van der Waals surface area contributed by atoms with E-state index in [1.807, 2.05) is 0 Å². The van der Waals surface area contributed by atoms with Gasteiger partial charge in [0.05, 0.1) is 24.4 Å². The Kier molecular flexibility index (Phi) is 6.08. The zero-order chi connectivity index (χ0) is 21.6. The van der Waals surface area contributed by atoms with Gasteiger partial charge < -0.3 is 44.1 Å². The van der Waals surface area contributed by atoms with Crippen LogP contribution in [0.4, 0.5) is 4.79 Å². The molecule has 2 fully saturated rings. The van der Waals surface area contributed by atoms with Gasteiger partial charge in [0, 0.05) is 5.92 Å². The van der Waals surface area contributed by atoms with E-state index in [-0.39, 0.29) is 6.61 Å². The van der Waals surface area contributed by atoms with Gasteiger partial charge in [-0.2, -0.15) is 0 Å². The number of carbonyl (C=O) groups excluding carboxylic acids is 2. The standard InChI is InChI=1S/C18H22O11S/c1-30-18(24)26-4-6-2-8-11-7(15(23)27-8)5-25-16(10(6)11)29-17-14(22)13(21)12(20)9(3-19)28-17/h2,5,8-14,16-17,19-22H,3-4H2,1H3/t8-,9-,10-,11-,12-,13+,14-,16+,17+/m0/s1. The summed E-state index contributed by atoms with van der Waals surface area (Å²) in [6.45, 7) is -0.674. The Morgan fingerprint density at radius 2 is 1.93 bits per heavy atom. The van der Waals surface area contributed by atoms with E-state index < -0.39 is 72.8 Å². The molecule has 0 saturated carbocycles. The second-order valence-electron chi connectivity index (χ2n) is 7.32. The topological polar surface area (TPSA) is 161 Å². The van der Waals surface area contributed by atoms with Crippen LogP contribution in [0.25, 0.3) is 0 Å². The Hall–Kier alpha value is -1.67. The number of aliphatic hydroxyl groups is 4. The molecule has 0 aromatic rings. The molecule has 4 N–H and O–H groups in total. The number of thioether (sulfide) groups is 1. The van der Waals surface area contributed by atoms with Crippen LogP contribution in [0.1, 0.15) is 0 Å². The van der Waals surface area contributed by atoms with Crippen molar-refractivity contribution in [1.29, 1.82) is 0 Å². The highest BCUT2D eigenvalue weighted by atomic mass is 32.2. The van der Waals surface area contributed by atoms with Gasteiger partial charge in [0.25, 0.3) is 0 Å². The van der Waals surface area contributed by atoms with Crippen LogP contribution in [0.5, 0.6) is 0 Å². The average molecular weight is 446 g/mol. The Morgan fingerprint density at radius 1 is 1.17 bits per heavy atom. The first kappa shape index (κ1) is 21.6. The van der Waals surface area contributed by atoms with E-state index in [4.69, 9.17) is 23.7 Å². The monoisotopic (exact) mass is 446 g/mol. The molecule has 0 bridgehead atoms. The highest BCUT2D eigenvalue weighted by molar-refractivity contribution is 8.12. The Bertz CT molecular complexity index is 765. The summed E-state index contributed by atoms with van der Waals surface area (Å²) in [7, 11) is 0. The van der Waals surface area contributed by atoms with Crippen molar-refractivity contribution in [1.82, 2.24) is 0 Å². The van der Waals surface area contributed by atoms with Crippen molar-refractivity contribution in [2.45, 2.75) is 43.1 Å². The normalized spacial score (nSPS) is 42.0. The molecule has 30 heavy (non-hydrogen) atoms.